The maximum atomic E-state index is 12.0. The first-order chi connectivity index (χ1) is 13.6. The van der Waals surface area contributed by atoms with Crippen LogP contribution in [0.2, 0.25) is 0 Å². The summed E-state index contributed by atoms with van der Waals surface area (Å²) in [4.78, 5) is 23.6. The van der Waals surface area contributed by atoms with Gasteiger partial charge in [-0.1, -0.05) is 36.4 Å². The van der Waals surface area contributed by atoms with Crippen LogP contribution in [0.5, 0.6) is 5.75 Å². The molecule has 0 radical (unpaired) electrons. The zero-order valence-electron chi connectivity index (χ0n) is 15.5. The lowest BCUT2D eigenvalue weighted by molar-refractivity contribution is -0.121. The average Bonchev–Trinajstić information content (AvgIpc) is 2.73. The Morgan fingerprint density at radius 2 is 1.71 bits per heavy atom. The topological polar surface area (TPSA) is 72.7 Å². The third-order valence-corrected chi connectivity index (χ3v) is 4.08. The molecule has 142 valence electrons. The number of pyridine rings is 1. The van der Waals surface area contributed by atoms with Crippen LogP contribution in [0.25, 0.3) is 0 Å². The molecular formula is C22H21N3O3. The Morgan fingerprint density at radius 3 is 2.43 bits per heavy atom. The van der Waals surface area contributed by atoms with Crippen molar-refractivity contribution in [2.45, 2.75) is 20.1 Å². The minimum Gasteiger partial charge on any atom is -0.489 e. The number of hydrogen-bond donors (Lipinski definition) is 1. The second-order valence-electron chi connectivity index (χ2n) is 6.20. The molecule has 0 spiro atoms. The molecule has 0 unspecified atom stereocenters. The van der Waals surface area contributed by atoms with Gasteiger partial charge in [0.25, 0.3) is 11.5 Å². The maximum Gasteiger partial charge on any atom is 0.260 e. The summed E-state index contributed by atoms with van der Waals surface area (Å²) < 4.78 is 7.08. The van der Waals surface area contributed by atoms with Gasteiger partial charge in [0.2, 0.25) is 0 Å². The highest BCUT2D eigenvalue weighted by atomic mass is 16.5. The molecule has 0 aliphatic heterocycles. The summed E-state index contributed by atoms with van der Waals surface area (Å²) in [7, 11) is 0. The molecule has 0 saturated carbocycles. The largest absolute Gasteiger partial charge is 0.489 e. The number of benzene rings is 2. The second kappa shape index (κ2) is 9.32. The predicted molar refractivity (Wildman–Crippen MR) is 108 cm³/mol. The van der Waals surface area contributed by atoms with Crippen LogP contribution in [-0.2, 0) is 17.9 Å². The maximum absolute atomic E-state index is 12.0. The molecule has 3 rings (SSSR count). The minimum atomic E-state index is -0.365. The molecule has 1 heterocycles. The van der Waals surface area contributed by atoms with Gasteiger partial charge in [0.15, 0.2) is 0 Å². The smallest absolute Gasteiger partial charge is 0.260 e. The van der Waals surface area contributed by atoms with Crippen LogP contribution in [0, 0.1) is 0 Å². The molecule has 28 heavy (non-hydrogen) atoms. The van der Waals surface area contributed by atoms with Crippen molar-refractivity contribution in [2.75, 3.05) is 0 Å². The number of rotatable bonds is 7. The van der Waals surface area contributed by atoms with Gasteiger partial charge in [-0.25, -0.2) is 5.43 Å². The highest BCUT2D eigenvalue weighted by Crippen LogP contribution is 2.14. The molecule has 0 fully saturated rings. The minimum absolute atomic E-state index is 0.0806. The van der Waals surface area contributed by atoms with Gasteiger partial charge < -0.3 is 9.30 Å². The van der Waals surface area contributed by atoms with Crippen LogP contribution < -0.4 is 15.7 Å². The quantitative estimate of drug-likeness (QED) is 0.510. The zero-order valence-corrected chi connectivity index (χ0v) is 15.5. The number of nitrogens with zero attached hydrogens (tertiary/aromatic N) is 2. The van der Waals surface area contributed by atoms with Gasteiger partial charge in [0.1, 0.15) is 18.9 Å². The number of carbonyl (C=O) groups excluding carboxylic acids is 1. The van der Waals surface area contributed by atoms with Gasteiger partial charge in [-0.15, -0.1) is 0 Å². The first-order valence-corrected chi connectivity index (χ1v) is 8.87. The third kappa shape index (κ3) is 5.41. The molecule has 1 amide bonds. The Hall–Kier alpha value is -3.67. The Balaban J connectivity index is 1.54. The van der Waals surface area contributed by atoms with E-state index in [1.54, 1.807) is 25.3 Å². The second-order valence-corrected chi connectivity index (χ2v) is 6.20. The van der Waals surface area contributed by atoms with E-state index in [2.05, 4.69) is 10.5 Å². The molecule has 0 atom stereocenters. The SMILES string of the molecule is C/C(=N/NC(=O)Cn1ccccc1=O)c1ccc(OCc2ccccc2)cc1. The van der Waals surface area contributed by atoms with E-state index in [9.17, 15) is 9.59 Å². The standard InChI is InChI=1S/C22H21N3O3/c1-17(23-24-21(26)15-25-14-6-5-9-22(25)27)19-10-12-20(13-11-19)28-16-18-7-3-2-4-8-18/h2-14H,15-16H2,1H3,(H,24,26)/b23-17-. The van der Waals surface area contributed by atoms with Gasteiger partial charge in [-0.3, -0.25) is 9.59 Å². The Labute approximate surface area is 163 Å². The molecule has 2 aromatic carbocycles. The molecule has 0 bridgehead atoms. The Kier molecular flexibility index (Phi) is 6.36. The van der Waals surface area contributed by atoms with Gasteiger partial charge in [0.05, 0.1) is 5.71 Å². The summed E-state index contributed by atoms with van der Waals surface area (Å²) in [5.41, 5.74) is 4.87. The van der Waals surface area contributed by atoms with Crippen LogP contribution in [0.3, 0.4) is 0 Å². The van der Waals surface area contributed by atoms with E-state index < -0.39 is 0 Å². The van der Waals surface area contributed by atoms with Crippen LogP contribution in [-0.4, -0.2) is 16.2 Å². The summed E-state index contributed by atoms with van der Waals surface area (Å²) in [6.07, 6.45) is 1.56. The van der Waals surface area contributed by atoms with Crippen molar-refractivity contribution in [1.29, 1.82) is 0 Å². The fourth-order valence-corrected chi connectivity index (χ4v) is 2.53. The summed E-state index contributed by atoms with van der Waals surface area (Å²) in [5, 5.41) is 4.10. The number of ether oxygens (including phenoxy) is 1. The predicted octanol–water partition coefficient (Wildman–Crippen LogP) is 2.97. The summed E-state index contributed by atoms with van der Waals surface area (Å²) in [6, 6.07) is 22.2. The van der Waals surface area contributed by atoms with E-state index >= 15 is 0 Å². The van der Waals surface area contributed by atoms with E-state index in [1.807, 2.05) is 54.6 Å². The first-order valence-electron chi connectivity index (χ1n) is 8.87. The van der Waals surface area contributed by atoms with Gasteiger partial charge >= 0.3 is 0 Å². The van der Waals surface area contributed by atoms with Crippen molar-refractivity contribution in [1.82, 2.24) is 9.99 Å². The van der Waals surface area contributed by atoms with Crippen molar-refractivity contribution in [3.63, 3.8) is 0 Å². The third-order valence-electron chi connectivity index (χ3n) is 4.08. The summed E-state index contributed by atoms with van der Waals surface area (Å²) in [6.45, 7) is 2.22. The van der Waals surface area contributed by atoms with E-state index in [0.717, 1.165) is 16.9 Å². The number of hydrogen-bond acceptors (Lipinski definition) is 4. The number of amides is 1. The fraction of sp³-hybridized carbons (Fsp3) is 0.136. The molecule has 1 N–H and O–H groups in total. The van der Waals surface area contributed by atoms with E-state index in [4.69, 9.17) is 4.74 Å². The number of nitrogens with one attached hydrogen (secondary N) is 1. The number of carbonyl (C=O) groups is 1. The van der Waals surface area contributed by atoms with Crippen LogP contribution >= 0.6 is 0 Å². The molecule has 0 saturated heterocycles. The molecule has 0 aliphatic carbocycles. The molecule has 0 aliphatic rings. The lowest BCUT2D eigenvalue weighted by atomic mass is 10.1. The van der Waals surface area contributed by atoms with E-state index in [-0.39, 0.29) is 18.0 Å². The van der Waals surface area contributed by atoms with Crippen molar-refractivity contribution in [2.24, 2.45) is 5.10 Å². The molecule has 1 aromatic heterocycles. The normalized spacial score (nSPS) is 11.1. The molecular weight excluding hydrogens is 354 g/mol. The first kappa shape index (κ1) is 19.1. The number of hydrazone groups is 1. The molecule has 6 heteroatoms. The zero-order chi connectivity index (χ0) is 19.8. The van der Waals surface area contributed by atoms with Crippen LogP contribution in [0.1, 0.15) is 18.1 Å². The van der Waals surface area contributed by atoms with Crippen molar-refractivity contribution in [3.05, 3.63) is 100 Å². The average molecular weight is 375 g/mol. The highest BCUT2D eigenvalue weighted by Gasteiger charge is 2.04. The van der Waals surface area contributed by atoms with Crippen molar-refractivity contribution >= 4 is 11.6 Å². The van der Waals surface area contributed by atoms with Crippen molar-refractivity contribution < 1.29 is 9.53 Å². The van der Waals surface area contributed by atoms with E-state index in [1.165, 1.54) is 10.6 Å². The monoisotopic (exact) mass is 375 g/mol. The van der Waals surface area contributed by atoms with Crippen molar-refractivity contribution in [3.8, 4) is 5.75 Å². The van der Waals surface area contributed by atoms with E-state index in [0.29, 0.717) is 12.3 Å². The lowest BCUT2D eigenvalue weighted by Gasteiger charge is -2.08. The number of aromatic nitrogens is 1. The van der Waals surface area contributed by atoms with Gasteiger partial charge in [-0.2, -0.15) is 5.10 Å². The molecule has 3 aromatic rings. The van der Waals surface area contributed by atoms with Crippen LogP contribution in [0.15, 0.2) is 88.9 Å². The van der Waals surface area contributed by atoms with Crippen LogP contribution in [0.4, 0.5) is 0 Å². The highest BCUT2D eigenvalue weighted by molar-refractivity contribution is 5.99. The Morgan fingerprint density at radius 1 is 1.00 bits per heavy atom. The fourth-order valence-electron chi connectivity index (χ4n) is 2.53. The summed E-state index contributed by atoms with van der Waals surface area (Å²) >= 11 is 0. The van der Waals surface area contributed by atoms with Gasteiger partial charge in [0, 0.05) is 12.3 Å². The van der Waals surface area contributed by atoms with Gasteiger partial charge in [-0.05, 0) is 48.4 Å². The summed E-state index contributed by atoms with van der Waals surface area (Å²) in [5.74, 6) is 0.392. The molecule has 6 nitrogen and oxygen atoms in total. The lowest BCUT2D eigenvalue weighted by Crippen LogP contribution is -2.29. The Bertz CT molecular complexity index is 1010.